The van der Waals surface area contributed by atoms with Gasteiger partial charge in [0.25, 0.3) is 0 Å². The van der Waals surface area contributed by atoms with E-state index in [-0.39, 0.29) is 5.92 Å². The van der Waals surface area contributed by atoms with Crippen molar-refractivity contribution in [1.82, 2.24) is 0 Å². The summed E-state index contributed by atoms with van der Waals surface area (Å²) in [6, 6.07) is 7.91. The fraction of sp³-hybridized carbons (Fsp3) is 0.600. The Morgan fingerprint density at radius 2 is 1.67 bits per heavy atom. The van der Waals surface area contributed by atoms with Gasteiger partial charge < -0.3 is 14.9 Å². The van der Waals surface area contributed by atoms with Gasteiger partial charge in [-0.15, -0.1) is 0 Å². The number of rotatable bonds is 7. The van der Waals surface area contributed by atoms with Crippen molar-refractivity contribution in [3.05, 3.63) is 29.8 Å². The number of aliphatic hydroxyl groups is 2. The summed E-state index contributed by atoms with van der Waals surface area (Å²) >= 11 is 0. The molecule has 2 N–H and O–H groups in total. The highest BCUT2D eigenvalue weighted by molar-refractivity contribution is 5.29. The molecule has 1 aromatic rings. The average Bonchev–Trinajstić information content (AvgIpc) is 2.38. The summed E-state index contributed by atoms with van der Waals surface area (Å²) in [7, 11) is 0. The first-order valence-electron chi connectivity index (χ1n) is 6.67. The van der Waals surface area contributed by atoms with Crippen LogP contribution < -0.4 is 4.74 Å². The van der Waals surface area contributed by atoms with Gasteiger partial charge in [0, 0.05) is 0 Å². The zero-order valence-corrected chi connectivity index (χ0v) is 11.5. The van der Waals surface area contributed by atoms with Crippen LogP contribution in [0.2, 0.25) is 0 Å². The topological polar surface area (TPSA) is 49.7 Å². The Kier molecular flexibility index (Phi) is 6.16. The van der Waals surface area contributed by atoms with Crippen LogP contribution in [-0.2, 0) is 0 Å². The molecule has 1 rings (SSSR count). The summed E-state index contributed by atoms with van der Waals surface area (Å²) in [5.74, 6) is 1.08. The van der Waals surface area contributed by atoms with Crippen molar-refractivity contribution in [2.75, 3.05) is 6.61 Å². The molecule has 18 heavy (non-hydrogen) atoms. The lowest BCUT2D eigenvalue weighted by atomic mass is 9.92. The molecular formula is C15H24O3. The van der Waals surface area contributed by atoms with Gasteiger partial charge in [-0.2, -0.15) is 0 Å². The average molecular weight is 252 g/mol. The maximum absolute atomic E-state index is 9.81. The monoisotopic (exact) mass is 252 g/mol. The summed E-state index contributed by atoms with van der Waals surface area (Å²) in [4.78, 5) is 0. The summed E-state index contributed by atoms with van der Waals surface area (Å²) in [5, 5.41) is 19.4. The number of benzene rings is 1. The third-order valence-electron chi connectivity index (χ3n) is 3.22. The number of aliphatic hydroxyl groups excluding tert-OH is 2. The second kappa shape index (κ2) is 7.39. The van der Waals surface area contributed by atoms with Gasteiger partial charge in [-0.3, -0.25) is 0 Å². The predicted molar refractivity (Wildman–Crippen MR) is 72.9 cm³/mol. The van der Waals surface area contributed by atoms with E-state index in [1.54, 1.807) is 0 Å². The van der Waals surface area contributed by atoms with E-state index in [0.717, 1.165) is 11.3 Å². The van der Waals surface area contributed by atoms with Crippen molar-refractivity contribution in [3.8, 4) is 5.75 Å². The highest BCUT2D eigenvalue weighted by atomic mass is 16.5. The molecule has 0 spiro atoms. The first kappa shape index (κ1) is 15.0. The lowest BCUT2D eigenvalue weighted by Crippen LogP contribution is -2.26. The van der Waals surface area contributed by atoms with Gasteiger partial charge in [0.05, 0.1) is 18.8 Å². The Bertz CT molecular complexity index is 334. The molecular weight excluding hydrogens is 228 g/mol. The van der Waals surface area contributed by atoms with Crippen molar-refractivity contribution in [3.63, 3.8) is 0 Å². The van der Waals surface area contributed by atoms with Crippen LogP contribution in [0.1, 0.15) is 45.1 Å². The van der Waals surface area contributed by atoms with Crippen LogP contribution in [0.15, 0.2) is 24.3 Å². The first-order valence-corrected chi connectivity index (χ1v) is 6.67. The molecule has 0 aliphatic rings. The van der Waals surface area contributed by atoms with Gasteiger partial charge in [-0.05, 0) is 43.4 Å². The summed E-state index contributed by atoms with van der Waals surface area (Å²) in [5.41, 5.74) is 1.15. The third kappa shape index (κ3) is 4.31. The van der Waals surface area contributed by atoms with E-state index in [4.69, 9.17) is 4.74 Å². The second-order valence-corrected chi connectivity index (χ2v) is 4.68. The SMILES string of the molecule is CCOc1ccc(C(C)CC(O)C(O)CC)cc1. The highest BCUT2D eigenvalue weighted by Crippen LogP contribution is 2.24. The minimum absolute atomic E-state index is 0.219. The van der Waals surface area contributed by atoms with Crippen LogP contribution in [0, 0.1) is 0 Å². The Hall–Kier alpha value is -1.06. The van der Waals surface area contributed by atoms with Crippen LogP contribution in [0.25, 0.3) is 0 Å². The lowest BCUT2D eigenvalue weighted by Gasteiger charge is -2.20. The van der Waals surface area contributed by atoms with Crippen molar-refractivity contribution in [2.24, 2.45) is 0 Å². The molecule has 1 aromatic carbocycles. The predicted octanol–water partition coefficient (Wildman–Crippen LogP) is 2.71. The van der Waals surface area contributed by atoms with Crippen LogP contribution in [0.3, 0.4) is 0 Å². The van der Waals surface area contributed by atoms with Gasteiger partial charge in [-0.1, -0.05) is 26.0 Å². The van der Waals surface area contributed by atoms with Gasteiger partial charge in [0.1, 0.15) is 5.75 Å². The molecule has 3 unspecified atom stereocenters. The largest absolute Gasteiger partial charge is 0.494 e. The summed E-state index contributed by atoms with van der Waals surface area (Å²) in [6.45, 7) is 6.55. The van der Waals surface area contributed by atoms with E-state index in [1.807, 2.05) is 38.1 Å². The van der Waals surface area contributed by atoms with Gasteiger partial charge in [-0.25, -0.2) is 0 Å². The van der Waals surface area contributed by atoms with Crippen LogP contribution in [0.5, 0.6) is 5.75 Å². The second-order valence-electron chi connectivity index (χ2n) is 4.68. The van der Waals surface area contributed by atoms with Crippen molar-refractivity contribution in [2.45, 2.75) is 51.7 Å². The van der Waals surface area contributed by atoms with Crippen molar-refractivity contribution in [1.29, 1.82) is 0 Å². The van der Waals surface area contributed by atoms with E-state index >= 15 is 0 Å². The Labute approximate surface area is 109 Å². The summed E-state index contributed by atoms with van der Waals surface area (Å²) in [6.07, 6.45) is -0.133. The molecule has 0 amide bonds. The van der Waals surface area contributed by atoms with E-state index in [9.17, 15) is 10.2 Å². The normalized spacial score (nSPS) is 16.1. The van der Waals surface area contributed by atoms with E-state index in [1.165, 1.54) is 0 Å². The third-order valence-corrected chi connectivity index (χ3v) is 3.22. The van der Waals surface area contributed by atoms with Gasteiger partial charge in [0.2, 0.25) is 0 Å². The molecule has 3 nitrogen and oxygen atoms in total. The molecule has 0 aliphatic carbocycles. The molecule has 102 valence electrons. The molecule has 0 fully saturated rings. The fourth-order valence-corrected chi connectivity index (χ4v) is 1.99. The standard InChI is InChI=1S/C15H24O3/c1-4-14(16)15(17)10-11(3)12-6-8-13(9-7-12)18-5-2/h6-9,11,14-17H,4-5,10H2,1-3H3. The molecule has 0 saturated carbocycles. The molecule has 3 atom stereocenters. The quantitative estimate of drug-likeness (QED) is 0.784. The number of ether oxygens (including phenoxy) is 1. The maximum Gasteiger partial charge on any atom is 0.119 e. The summed E-state index contributed by atoms with van der Waals surface area (Å²) < 4.78 is 5.39. The van der Waals surface area contributed by atoms with Crippen molar-refractivity contribution < 1.29 is 14.9 Å². The molecule has 3 heteroatoms. The molecule has 0 radical (unpaired) electrons. The van der Waals surface area contributed by atoms with Gasteiger partial charge in [0.15, 0.2) is 0 Å². The minimum Gasteiger partial charge on any atom is -0.494 e. The number of hydrogen-bond donors (Lipinski definition) is 2. The Balaban J connectivity index is 2.58. The maximum atomic E-state index is 9.81. The van der Waals surface area contributed by atoms with E-state index < -0.39 is 12.2 Å². The van der Waals surface area contributed by atoms with E-state index in [2.05, 4.69) is 6.92 Å². The Morgan fingerprint density at radius 1 is 1.06 bits per heavy atom. The zero-order valence-electron chi connectivity index (χ0n) is 11.5. The van der Waals surface area contributed by atoms with Crippen LogP contribution in [-0.4, -0.2) is 29.0 Å². The van der Waals surface area contributed by atoms with Crippen molar-refractivity contribution >= 4 is 0 Å². The number of hydrogen-bond acceptors (Lipinski definition) is 3. The van der Waals surface area contributed by atoms with Gasteiger partial charge >= 0.3 is 0 Å². The fourth-order valence-electron chi connectivity index (χ4n) is 1.99. The smallest absolute Gasteiger partial charge is 0.119 e. The first-order chi connectivity index (χ1) is 8.58. The van der Waals surface area contributed by atoms with E-state index in [0.29, 0.717) is 19.4 Å². The highest BCUT2D eigenvalue weighted by Gasteiger charge is 2.18. The zero-order chi connectivity index (χ0) is 13.5. The van der Waals surface area contributed by atoms with Crippen LogP contribution >= 0.6 is 0 Å². The minimum atomic E-state index is -0.656. The molecule has 0 bridgehead atoms. The molecule has 0 heterocycles. The molecule has 0 aromatic heterocycles. The lowest BCUT2D eigenvalue weighted by molar-refractivity contribution is 0.00953. The molecule has 0 saturated heterocycles. The Morgan fingerprint density at radius 3 is 2.17 bits per heavy atom. The molecule has 0 aliphatic heterocycles. The van der Waals surface area contributed by atoms with Crippen LogP contribution in [0.4, 0.5) is 0 Å².